The number of hydrogen-bond acceptors (Lipinski definition) is 1. The molecule has 0 amide bonds. The molecule has 1 unspecified atom stereocenters. The molecular weight excluding hydrogens is 158 g/mol. The van der Waals surface area contributed by atoms with Crippen LogP contribution in [0, 0.1) is 5.92 Å². The molecular formula is C12H21N. The average Bonchev–Trinajstić information content (AvgIpc) is 2.03. The van der Waals surface area contributed by atoms with E-state index in [1.807, 2.05) is 13.1 Å². The van der Waals surface area contributed by atoms with E-state index in [1.54, 1.807) is 0 Å². The van der Waals surface area contributed by atoms with Crippen LogP contribution < -0.4 is 5.32 Å². The normalized spacial score (nSPS) is 13.0. The molecule has 0 aliphatic heterocycles. The molecule has 0 saturated heterocycles. The summed E-state index contributed by atoms with van der Waals surface area (Å²) < 4.78 is 0. The highest BCUT2D eigenvalue weighted by Crippen LogP contribution is 2.20. The Morgan fingerprint density at radius 2 is 2.00 bits per heavy atom. The predicted octanol–water partition coefficient (Wildman–Crippen LogP) is 2.91. The van der Waals surface area contributed by atoms with Gasteiger partial charge in [0.2, 0.25) is 0 Å². The lowest BCUT2D eigenvalue weighted by atomic mass is 9.86. The van der Waals surface area contributed by atoms with Gasteiger partial charge >= 0.3 is 0 Å². The first-order valence-electron chi connectivity index (χ1n) is 4.64. The molecule has 0 rings (SSSR count). The average molecular weight is 179 g/mol. The van der Waals surface area contributed by atoms with Crippen molar-refractivity contribution in [2.24, 2.45) is 5.92 Å². The molecule has 0 saturated carbocycles. The molecule has 0 spiro atoms. The summed E-state index contributed by atoms with van der Waals surface area (Å²) in [7, 11) is 1.97. The van der Waals surface area contributed by atoms with E-state index in [4.69, 9.17) is 0 Å². The molecule has 74 valence electrons. The van der Waals surface area contributed by atoms with Crippen molar-refractivity contribution in [1.82, 2.24) is 5.32 Å². The van der Waals surface area contributed by atoms with Crippen LogP contribution in [-0.4, -0.2) is 12.6 Å². The van der Waals surface area contributed by atoms with Crippen molar-refractivity contribution in [3.8, 4) is 0 Å². The summed E-state index contributed by atoms with van der Waals surface area (Å²) in [5.41, 5.74) is 4.23. The maximum Gasteiger partial charge on any atom is 0.0225 e. The van der Waals surface area contributed by atoms with Gasteiger partial charge in [0.25, 0.3) is 0 Å². The van der Waals surface area contributed by atoms with Gasteiger partial charge in [0.05, 0.1) is 0 Å². The summed E-state index contributed by atoms with van der Waals surface area (Å²) in [6, 6.07) is 0. The van der Waals surface area contributed by atoms with Gasteiger partial charge in [-0.1, -0.05) is 18.2 Å². The van der Waals surface area contributed by atoms with Crippen molar-refractivity contribution in [3.63, 3.8) is 0 Å². The lowest BCUT2D eigenvalue weighted by Gasteiger charge is -2.30. The molecule has 1 heteroatoms. The molecule has 0 fully saturated rings. The topological polar surface area (TPSA) is 12.0 Å². The Morgan fingerprint density at radius 3 is 2.31 bits per heavy atom. The molecule has 1 nitrogen and oxygen atoms in total. The molecule has 0 bridgehead atoms. The molecule has 0 aliphatic carbocycles. The predicted molar refractivity (Wildman–Crippen MR) is 59.8 cm³/mol. The van der Waals surface area contributed by atoms with E-state index in [2.05, 4.69) is 51.4 Å². The van der Waals surface area contributed by atoms with Crippen molar-refractivity contribution in [3.05, 3.63) is 30.0 Å². The minimum atomic E-state index is 0.0575. The first-order chi connectivity index (χ1) is 5.94. The standard InChI is InChI=1S/C12H21N/c1-7-8-11(9-10(2)3)12(4,5)13-6/h8-9,11,13H,1H2,2-6H3. The van der Waals surface area contributed by atoms with E-state index in [-0.39, 0.29) is 5.54 Å². The molecule has 0 radical (unpaired) electrons. The summed E-state index contributed by atoms with van der Waals surface area (Å²) in [5.74, 6) is 0.347. The Labute approximate surface area is 82.2 Å². The van der Waals surface area contributed by atoms with Crippen LogP contribution in [-0.2, 0) is 0 Å². The Balaban J connectivity index is 4.81. The Morgan fingerprint density at radius 1 is 1.46 bits per heavy atom. The van der Waals surface area contributed by atoms with Gasteiger partial charge in [0.1, 0.15) is 0 Å². The summed E-state index contributed by atoms with van der Waals surface area (Å²) >= 11 is 0. The fraction of sp³-hybridized carbons (Fsp3) is 0.583. The third-order valence-electron chi connectivity index (χ3n) is 2.29. The van der Waals surface area contributed by atoms with E-state index in [0.717, 1.165) is 0 Å². The second kappa shape index (κ2) is 5.06. The molecule has 13 heavy (non-hydrogen) atoms. The Kier molecular flexibility index (Phi) is 4.76. The van der Waals surface area contributed by atoms with E-state index in [9.17, 15) is 0 Å². The van der Waals surface area contributed by atoms with Crippen LogP contribution in [0.3, 0.4) is 0 Å². The summed E-state index contributed by atoms with van der Waals surface area (Å²) in [6.07, 6.45) is 4.23. The van der Waals surface area contributed by atoms with Crippen LogP contribution in [0.25, 0.3) is 0 Å². The maximum atomic E-state index is 3.62. The summed E-state index contributed by atoms with van der Waals surface area (Å²) in [5, 5.41) is 3.29. The van der Waals surface area contributed by atoms with Gasteiger partial charge in [-0.25, -0.2) is 0 Å². The first-order valence-corrected chi connectivity index (χ1v) is 4.64. The smallest absolute Gasteiger partial charge is 0.0225 e. The molecule has 1 N–H and O–H groups in total. The van der Waals surface area contributed by atoms with E-state index < -0.39 is 0 Å². The van der Waals surface area contributed by atoms with Crippen LogP contribution in [0.5, 0.6) is 0 Å². The minimum absolute atomic E-state index is 0.0575. The van der Waals surface area contributed by atoms with Gasteiger partial charge < -0.3 is 5.32 Å². The fourth-order valence-electron chi connectivity index (χ4n) is 1.12. The van der Waals surface area contributed by atoms with Crippen molar-refractivity contribution < 1.29 is 0 Å². The van der Waals surface area contributed by atoms with Crippen molar-refractivity contribution in [1.29, 1.82) is 0 Å². The van der Waals surface area contributed by atoms with Crippen LogP contribution in [0.1, 0.15) is 27.7 Å². The largest absolute Gasteiger partial charge is 0.314 e. The number of allylic oxidation sites excluding steroid dienone is 1. The molecule has 1 atom stereocenters. The summed E-state index contributed by atoms with van der Waals surface area (Å²) in [4.78, 5) is 0. The van der Waals surface area contributed by atoms with Crippen LogP contribution in [0.15, 0.2) is 30.0 Å². The maximum absolute atomic E-state index is 3.62. The quantitative estimate of drug-likeness (QED) is 0.517. The summed E-state index contributed by atoms with van der Waals surface area (Å²) in [6.45, 7) is 12.2. The highest BCUT2D eigenvalue weighted by molar-refractivity contribution is 5.11. The van der Waals surface area contributed by atoms with Gasteiger partial charge in [-0.3, -0.25) is 0 Å². The molecule has 0 aromatic heterocycles. The van der Waals surface area contributed by atoms with Gasteiger partial charge in [0, 0.05) is 11.5 Å². The third kappa shape index (κ3) is 4.12. The Bertz CT molecular complexity index is 226. The van der Waals surface area contributed by atoms with Crippen LogP contribution in [0.4, 0.5) is 0 Å². The zero-order chi connectivity index (χ0) is 10.5. The van der Waals surface area contributed by atoms with Gasteiger partial charge in [-0.05, 0) is 40.8 Å². The molecule has 0 aliphatic rings. The zero-order valence-corrected chi connectivity index (χ0v) is 9.44. The van der Waals surface area contributed by atoms with Gasteiger partial charge in [-0.15, -0.1) is 5.73 Å². The minimum Gasteiger partial charge on any atom is -0.314 e. The van der Waals surface area contributed by atoms with Crippen LogP contribution in [0.2, 0.25) is 0 Å². The second-order valence-corrected chi connectivity index (χ2v) is 4.11. The zero-order valence-electron chi connectivity index (χ0n) is 9.44. The van der Waals surface area contributed by atoms with Crippen LogP contribution >= 0.6 is 0 Å². The highest BCUT2D eigenvalue weighted by atomic mass is 14.9. The number of nitrogens with one attached hydrogen (secondary N) is 1. The highest BCUT2D eigenvalue weighted by Gasteiger charge is 2.23. The van der Waals surface area contributed by atoms with Crippen molar-refractivity contribution in [2.75, 3.05) is 7.05 Å². The van der Waals surface area contributed by atoms with E-state index >= 15 is 0 Å². The lowest BCUT2D eigenvalue weighted by Crippen LogP contribution is -2.42. The van der Waals surface area contributed by atoms with Crippen molar-refractivity contribution >= 4 is 0 Å². The Hall–Kier alpha value is -0.780. The number of hydrogen-bond donors (Lipinski definition) is 1. The third-order valence-corrected chi connectivity index (χ3v) is 2.29. The van der Waals surface area contributed by atoms with Gasteiger partial charge in [-0.2, -0.15) is 0 Å². The lowest BCUT2D eigenvalue weighted by molar-refractivity contribution is 0.363. The van der Waals surface area contributed by atoms with E-state index in [1.165, 1.54) is 5.57 Å². The fourth-order valence-corrected chi connectivity index (χ4v) is 1.12. The second-order valence-electron chi connectivity index (χ2n) is 4.11. The first kappa shape index (κ1) is 12.2. The molecule has 0 aromatic carbocycles. The molecule has 0 heterocycles. The molecule has 0 aromatic rings. The van der Waals surface area contributed by atoms with Crippen molar-refractivity contribution in [2.45, 2.75) is 33.2 Å². The van der Waals surface area contributed by atoms with E-state index in [0.29, 0.717) is 5.92 Å². The van der Waals surface area contributed by atoms with Gasteiger partial charge in [0.15, 0.2) is 0 Å². The number of rotatable bonds is 4. The SMILES string of the molecule is C=C=CC(C=C(C)C)C(C)(C)NC. The monoisotopic (exact) mass is 179 g/mol.